The van der Waals surface area contributed by atoms with E-state index in [-0.39, 0.29) is 0 Å². The van der Waals surface area contributed by atoms with Gasteiger partial charge in [-0.3, -0.25) is 0 Å². The van der Waals surface area contributed by atoms with Crippen LogP contribution in [0.5, 0.6) is 0 Å². The lowest BCUT2D eigenvalue weighted by Gasteiger charge is -2.27. The van der Waals surface area contributed by atoms with Gasteiger partial charge in [-0.25, -0.2) is 0 Å². The molecule has 1 heterocycles. The van der Waals surface area contributed by atoms with Gasteiger partial charge in [-0.05, 0) is 23.5 Å². The molecule has 1 nitrogen and oxygen atoms in total. The Labute approximate surface area is 79.2 Å². The lowest BCUT2D eigenvalue weighted by molar-refractivity contribution is 0.503. The molecule has 1 aromatic rings. The first-order chi connectivity index (χ1) is 6.33. The minimum atomic E-state index is 0.509. The van der Waals surface area contributed by atoms with Crippen molar-refractivity contribution in [3.05, 3.63) is 35.4 Å². The molecule has 1 fully saturated rings. The Balaban J connectivity index is 2.13. The standard InChI is InChI=1S/C12H15N/c1-9-6-12(9)8-13-7-10-4-2-3-5-11(10)12/h2-5,9,13H,6-8H2,1H3. The van der Waals surface area contributed by atoms with Gasteiger partial charge < -0.3 is 5.32 Å². The van der Waals surface area contributed by atoms with Gasteiger partial charge >= 0.3 is 0 Å². The lowest BCUT2D eigenvalue weighted by Crippen LogP contribution is -2.34. The predicted octanol–water partition coefficient (Wildman–Crippen LogP) is 2.07. The number of nitrogens with one attached hydrogen (secondary N) is 1. The van der Waals surface area contributed by atoms with Gasteiger partial charge in [0, 0.05) is 18.5 Å². The van der Waals surface area contributed by atoms with E-state index in [1.807, 2.05) is 0 Å². The fourth-order valence-corrected chi connectivity index (χ4v) is 2.78. The molecule has 1 heteroatoms. The fourth-order valence-electron chi connectivity index (χ4n) is 2.78. The van der Waals surface area contributed by atoms with Crippen LogP contribution in [-0.4, -0.2) is 6.54 Å². The Hall–Kier alpha value is -0.820. The van der Waals surface area contributed by atoms with Crippen molar-refractivity contribution in [2.24, 2.45) is 5.92 Å². The third-order valence-corrected chi connectivity index (χ3v) is 3.76. The minimum absolute atomic E-state index is 0.509. The molecule has 2 aliphatic rings. The van der Waals surface area contributed by atoms with Crippen LogP contribution in [0.4, 0.5) is 0 Å². The van der Waals surface area contributed by atoms with Crippen molar-refractivity contribution < 1.29 is 0 Å². The molecule has 1 N–H and O–H groups in total. The quantitative estimate of drug-likeness (QED) is 0.633. The zero-order valence-corrected chi connectivity index (χ0v) is 8.01. The molecule has 1 spiro atoms. The summed E-state index contributed by atoms with van der Waals surface area (Å²) in [4.78, 5) is 0. The summed E-state index contributed by atoms with van der Waals surface area (Å²) in [6, 6.07) is 8.90. The third-order valence-electron chi connectivity index (χ3n) is 3.76. The first-order valence-corrected chi connectivity index (χ1v) is 5.12. The number of hydrogen-bond donors (Lipinski definition) is 1. The highest BCUT2D eigenvalue weighted by atomic mass is 14.9. The van der Waals surface area contributed by atoms with Crippen LogP contribution in [0.25, 0.3) is 0 Å². The van der Waals surface area contributed by atoms with Gasteiger partial charge in [0.25, 0.3) is 0 Å². The maximum atomic E-state index is 3.52. The van der Waals surface area contributed by atoms with E-state index >= 15 is 0 Å². The van der Waals surface area contributed by atoms with E-state index < -0.39 is 0 Å². The highest BCUT2D eigenvalue weighted by molar-refractivity contribution is 5.42. The summed E-state index contributed by atoms with van der Waals surface area (Å²) in [5, 5.41) is 3.52. The molecule has 2 atom stereocenters. The van der Waals surface area contributed by atoms with Crippen molar-refractivity contribution in [1.29, 1.82) is 0 Å². The molecule has 13 heavy (non-hydrogen) atoms. The van der Waals surface area contributed by atoms with Crippen molar-refractivity contribution in [2.45, 2.75) is 25.3 Å². The van der Waals surface area contributed by atoms with Crippen LogP contribution in [0.2, 0.25) is 0 Å². The molecule has 1 aliphatic heterocycles. The second-order valence-electron chi connectivity index (χ2n) is 4.52. The smallest absolute Gasteiger partial charge is 0.0208 e. The Morgan fingerprint density at radius 1 is 1.38 bits per heavy atom. The average molecular weight is 173 g/mol. The zero-order chi connectivity index (χ0) is 8.89. The summed E-state index contributed by atoms with van der Waals surface area (Å²) in [5.74, 6) is 0.876. The second-order valence-corrected chi connectivity index (χ2v) is 4.52. The molecule has 0 amide bonds. The van der Waals surface area contributed by atoms with Crippen LogP contribution in [0, 0.1) is 5.92 Å². The number of fused-ring (bicyclic) bond motifs is 2. The normalized spacial score (nSPS) is 35.9. The van der Waals surface area contributed by atoms with E-state index in [4.69, 9.17) is 0 Å². The summed E-state index contributed by atoms with van der Waals surface area (Å²) in [5.41, 5.74) is 3.63. The Kier molecular flexibility index (Phi) is 1.37. The summed E-state index contributed by atoms with van der Waals surface area (Å²) in [6.07, 6.45) is 1.37. The molecule has 0 saturated heterocycles. The number of hydrogen-bond acceptors (Lipinski definition) is 1. The van der Waals surface area contributed by atoms with Crippen molar-refractivity contribution in [2.75, 3.05) is 6.54 Å². The van der Waals surface area contributed by atoms with Gasteiger partial charge in [-0.1, -0.05) is 31.2 Å². The highest BCUT2D eigenvalue weighted by Crippen LogP contribution is 2.55. The molecule has 68 valence electrons. The molecule has 1 saturated carbocycles. The average Bonchev–Trinajstić information content (AvgIpc) is 2.79. The molecule has 0 radical (unpaired) electrons. The second kappa shape index (κ2) is 2.36. The van der Waals surface area contributed by atoms with Crippen molar-refractivity contribution in [3.8, 4) is 0 Å². The van der Waals surface area contributed by atoms with Gasteiger partial charge in [0.05, 0.1) is 0 Å². The maximum Gasteiger partial charge on any atom is 0.0208 e. The van der Waals surface area contributed by atoms with Crippen LogP contribution < -0.4 is 5.32 Å². The van der Waals surface area contributed by atoms with E-state index in [0.717, 1.165) is 12.5 Å². The summed E-state index contributed by atoms with van der Waals surface area (Å²) in [6.45, 7) is 4.61. The molecule has 1 aromatic carbocycles. The molecule has 0 aromatic heterocycles. The molecule has 1 aliphatic carbocycles. The van der Waals surface area contributed by atoms with Crippen molar-refractivity contribution >= 4 is 0 Å². The van der Waals surface area contributed by atoms with Crippen LogP contribution >= 0.6 is 0 Å². The van der Waals surface area contributed by atoms with E-state index in [1.54, 1.807) is 5.56 Å². The summed E-state index contributed by atoms with van der Waals surface area (Å²) in [7, 11) is 0. The summed E-state index contributed by atoms with van der Waals surface area (Å²) >= 11 is 0. The van der Waals surface area contributed by atoms with Gasteiger partial charge in [0.2, 0.25) is 0 Å². The SMILES string of the molecule is CC1CC12CNCc1ccccc12. The Bertz CT molecular complexity index is 345. The van der Waals surface area contributed by atoms with E-state index in [9.17, 15) is 0 Å². The first-order valence-electron chi connectivity index (χ1n) is 5.12. The fraction of sp³-hybridized carbons (Fsp3) is 0.500. The van der Waals surface area contributed by atoms with Gasteiger partial charge in [0.1, 0.15) is 0 Å². The van der Waals surface area contributed by atoms with Crippen molar-refractivity contribution in [1.82, 2.24) is 5.32 Å². The first kappa shape index (κ1) is 7.57. The van der Waals surface area contributed by atoms with E-state index in [1.165, 1.54) is 18.5 Å². The molecule has 3 rings (SSSR count). The largest absolute Gasteiger partial charge is 0.312 e. The highest BCUT2D eigenvalue weighted by Gasteiger charge is 2.53. The number of rotatable bonds is 0. The van der Waals surface area contributed by atoms with Crippen LogP contribution in [0.15, 0.2) is 24.3 Å². The molecule has 2 unspecified atom stereocenters. The zero-order valence-electron chi connectivity index (χ0n) is 8.01. The van der Waals surface area contributed by atoms with Crippen molar-refractivity contribution in [3.63, 3.8) is 0 Å². The number of benzene rings is 1. The third kappa shape index (κ3) is 0.910. The molecular formula is C12H15N. The lowest BCUT2D eigenvalue weighted by atomic mass is 9.86. The van der Waals surface area contributed by atoms with Crippen LogP contribution in [-0.2, 0) is 12.0 Å². The van der Waals surface area contributed by atoms with E-state index in [0.29, 0.717) is 5.41 Å². The summed E-state index contributed by atoms with van der Waals surface area (Å²) < 4.78 is 0. The van der Waals surface area contributed by atoms with E-state index in [2.05, 4.69) is 36.5 Å². The Morgan fingerprint density at radius 3 is 2.92 bits per heavy atom. The van der Waals surface area contributed by atoms with Crippen LogP contribution in [0.3, 0.4) is 0 Å². The van der Waals surface area contributed by atoms with Crippen LogP contribution in [0.1, 0.15) is 24.5 Å². The maximum absolute atomic E-state index is 3.52. The monoisotopic (exact) mass is 173 g/mol. The van der Waals surface area contributed by atoms with Gasteiger partial charge in [-0.15, -0.1) is 0 Å². The predicted molar refractivity (Wildman–Crippen MR) is 53.6 cm³/mol. The van der Waals surface area contributed by atoms with Gasteiger partial charge in [0.15, 0.2) is 0 Å². The Morgan fingerprint density at radius 2 is 2.15 bits per heavy atom. The molecule has 0 bridgehead atoms. The molecular weight excluding hydrogens is 158 g/mol. The van der Waals surface area contributed by atoms with Gasteiger partial charge in [-0.2, -0.15) is 0 Å². The topological polar surface area (TPSA) is 12.0 Å². The minimum Gasteiger partial charge on any atom is -0.312 e.